The highest BCUT2D eigenvalue weighted by Gasteiger charge is 2.13. The quantitative estimate of drug-likeness (QED) is 0.496. The monoisotopic (exact) mass is 423 g/mol. The number of carbonyl (C=O) groups is 2. The van der Waals surface area contributed by atoms with Crippen molar-refractivity contribution in [2.24, 2.45) is 0 Å². The third kappa shape index (κ3) is 5.39. The van der Waals surface area contributed by atoms with Gasteiger partial charge < -0.3 is 14.4 Å². The zero-order valence-corrected chi connectivity index (χ0v) is 17.6. The van der Waals surface area contributed by atoms with Gasteiger partial charge in [0, 0.05) is 35.3 Å². The average molecular weight is 424 g/mol. The maximum Gasteiger partial charge on any atom is 0.260 e. The highest BCUT2D eigenvalue weighted by atomic mass is 35.5. The van der Waals surface area contributed by atoms with E-state index < -0.39 is 0 Å². The van der Waals surface area contributed by atoms with Gasteiger partial charge in [0.15, 0.2) is 12.4 Å². The molecule has 0 saturated heterocycles. The van der Waals surface area contributed by atoms with Gasteiger partial charge in [0.1, 0.15) is 11.5 Å². The summed E-state index contributed by atoms with van der Waals surface area (Å²) in [6.07, 6.45) is 0. The first-order chi connectivity index (χ1) is 14.5. The van der Waals surface area contributed by atoms with Gasteiger partial charge in [0.05, 0.1) is 7.11 Å². The highest BCUT2D eigenvalue weighted by Crippen LogP contribution is 2.20. The molecule has 1 amide bonds. The normalized spacial score (nSPS) is 10.4. The fourth-order valence-electron chi connectivity index (χ4n) is 2.90. The van der Waals surface area contributed by atoms with E-state index in [4.69, 9.17) is 21.1 Å². The number of benzene rings is 3. The largest absolute Gasteiger partial charge is 0.496 e. The number of amides is 1. The molecule has 3 aromatic rings. The van der Waals surface area contributed by atoms with E-state index in [1.165, 1.54) is 0 Å². The van der Waals surface area contributed by atoms with Crippen molar-refractivity contribution in [3.63, 3.8) is 0 Å². The Bertz CT molecular complexity index is 1020. The summed E-state index contributed by atoms with van der Waals surface area (Å²) in [5.74, 6) is 0.980. The molecule has 0 heterocycles. The number of methoxy groups -OCH3 is 1. The number of ketones is 1. The Hall–Kier alpha value is -3.31. The van der Waals surface area contributed by atoms with Crippen LogP contribution < -0.4 is 9.47 Å². The molecular weight excluding hydrogens is 402 g/mol. The van der Waals surface area contributed by atoms with Crippen molar-refractivity contribution >= 4 is 23.3 Å². The van der Waals surface area contributed by atoms with Crippen LogP contribution in [0.25, 0.3) is 0 Å². The van der Waals surface area contributed by atoms with Crippen molar-refractivity contribution in [1.82, 2.24) is 4.90 Å². The Morgan fingerprint density at radius 1 is 0.900 bits per heavy atom. The fraction of sp³-hybridized carbons (Fsp3) is 0.167. The molecule has 154 valence electrons. The summed E-state index contributed by atoms with van der Waals surface area (Å²) in [7, 11) is 3.32. The summed E-state index contributed by atoms with van der Waals surface area (Å²) in [6.45, 7) is 0.316. The van der Waals surface area contributed by atoms with E-state index in [9.17, 15) is 9.59 Å². The van der Waals surface area contributed by atoms with Gasteiger partial charge in [-0.15, -0.1) is 0 Å². The molecule has 0 spiro atoms. The van der Waals surface area contributed by atoms with Crippen molar-refractivity contribution in [2.75, 3.05) is 20.8 Å². The van der Waals surface area contributed by atoms with Crippen LogP contribution in [0.3, 0.4) is 0 Å². The standard InChI is InChI=1S/C24H22ClNO4/c1-26(15-19-5-3-4-6-22(19)29-2)23(27)16-30-21-13-9-18(10-14-21)24(28)17-7-11-20(25)12-8-17/h3-14H,15-16H2,1-2H3. The van der Waals surface area contributed by atoms with Gasteiger partial charge in [-0.05, 0) is 54.6 Å². The summed E-state index contributed by atoms with van der Waals surface area (Å²) in [4.78, 5) is 26.5. The SMILES string of the molecule is COc1ccccc1CN(C)C(=O)COc1ccc(C(=O)c2ccc(Cl)cc2)cc1. The number of ether oxygens (including phenoxy) is 2. The van der Waals surface area contributed by atoms with E-state index in [2.05, 4.69) is 0 Å². The van der Waals surface area contributed by atoms with Crippen LogP contribution in [0.4, 0.5) is 0 Å². The van der Waals surface area contributed by atoms with Gasteiger partial charge in [-0.3, -0.25) is 9.59 Å². The molecule has 0 aromatic heterocycles. The third-order valence-electron chi connectivity index (χ3n) is 4.61. The van der Waals surface area contributed by atoms with E-state index >= 15 is 0 Å². The van der Waals surface area contributed by atoms with Crippen LogP contribution in [-0.2, 0) is 11.3 Å². The van der Waals surface area contributed by atoms with E-state index in [1.807, 2.05) is 24.3 Å². The van der Waals surface area contributed by atoms with Crippen molar-refractivity contribution in [3.05, 3.63) is 94.5 Å². The Morgan fingerprint density at radius 3 is 2.13 bits per heavy atom. The average Bonchev–Trinajstić information content (AvgIpc) is 2.78. The molecule has 0 N–H and O–H groups in total. The lowest BCUT2D eigenvalue weighted by molar-refractivity contribution is -0.132. The predicted octanol–water partition coefficient (Wildman–Crippen LogP) is 4.62. The summed E-state index contributed by atoms with van der Waals surface area (Å²) in [6, 6.07) is 21.0. The van der Waals surface area contributed by atoms with Crippen LogP contribution in [0.2, 0.25) is 5.02 Å². The Morgan fingerprint density at radius 2 is 1.50 bits per heavy atom. The molecule has 0 aliphatic rings. The summed E-state index contributed by atoms with van der Waals surface area (Å²) in [5, 5.41) is 0.579. The van der Waals surface area contributed by atoms with Gasteiger partial charge in [-0.1, -0.05) is 29.8 Å². The molecule has 0 radical (unpaired) electrons. The van der Waals surface area contributed by atoms with E-state index in [1.54, 1.807) is 67.6 Å². The van der Waals surface area contributed by atoms with Crippen molar-refractivity contribution in [3.8, 4) is 11.5 Å². The van der Waals surface area contributed by atoms with Crippen molar-refractivity contribution in [2.45, 2.75) is 6.54 Å². The van der Waals surface area contributed by atoms with Gasteiger partial charge in [-0.25, -0.2) is 0 Å². The van der Waals surface area contributed by atoms with Crippen LogP contribution in [0.1, 0.15) is 21.5 Å². The van der Waals surface area contributed by atoms with Crippen LogP contribution in [0.15, 0.2) is 72.8 Å². The summed E-state index contributed by atoms with van der Waals surface area (Å²) < 4.78 is 10.9. The topological polar surface area (TPSA) is 55.8 Å². The molecule has 0 bridgehead atoms. The molecule has 3 rings (SSSR count). The van der Waals surface area contributed by atoms with Gasteiger partial charge in [0.2, 0.25) is 0 Å². The van der Waals surface area contributed by atoms with Crippen LogP contribution in [0, 0.1) is 0 Å². The maximum absolute atomic E-state index is 12.5. The molecule has 0 aliphatic heterocycles. The number of likely N-dealkylation sites (N-methyl/N-ethyl adjacent to an activating group) is 1. The van der Waals surface area contributed by atoms with Gasteiger partial charge >= 0.3 is 0 Å². The number of hydrogen-bond donors (Lipinski definition) is 0. The second-order valence-electron chi connectivity index (χ2n) is 6.71. The van der Waals surface area contributed by atoms with Crippen LogP contribution in [0.5, 0.6) is 11.5 Å². The zero-order chi connectivity index (χ0) is 21.5. The predicted molar refractivity (Wildman–Crippen MR) is 116 cm³/mol. The van der Waals surface area contributed by atoms with E-state index in [-0.39, 0.29) is 18.3 Å². The minimum Gasteiger partial charge on any atom is -0.496 e. The molecule has 0 unspecified atom stereocenters. The van der Waals surface area contributed by atoms with E-state index in [0.717, 1.165) is 11.3 Å². The molecular formula is C24H22ClNO4. The second kappa shape index (κ2) is 9.94. The number of para-hydroxylation sites is 1. The lowest BCUT2D eigenvalue weighted by Gasteiger charge is -2.19. The molecule has 0 aliphatic carbocycles. The molecule has 0 fully saturated rings. The fourth-order valence-corrected chi connectivity index (χ4v) is 3.03. The minimum absolute atomic E-state index is 0.101. The second-order valence-corrected chi connectivity index (χ2v) is 7.15. The molecule has 0 atom stereocenters. The van der Waals surface area contributed by atoms with Crippen LogP contribution in [-0.4, -0.2) is 37.4 Å². The lowest BCUT2D eigenvalue weighted by atomic mass is 10.0. The van der Waals surface area contributed by atoms with Gasteiger partial charge in [0.25, 0.3) is 5.91 Å². The Kier molecular flexibility index (Phi) is 7.09. The zero-order valence-electron chi connectivity index (χ0n) is 16.8. The lowest BCUT2D eigenvalue weighted by Crippen LogP contribution is -2.31. The third-order valence-corrected chi connectivity index (χ3v) is 4.86. The van der Waals surface area contributed by atoms with Crippen molar-refractivity contribution in [1.29, 1.82) is 0 Å². The minimum atomic E-state index is -0.165. The number of rotatable bonds is 8. The molecule has 6 heteroatoms. The highest BCUT2D eigenvalue weighted by molar-refractivity contribution is 6.30. The van der Waals surface area contributed by atoms with Crippen LogP contribution >= 0.6 is 11.6 Å². The first kappa shape index (κ1) is 21.4. The summed E-state index contributed by atoms with van der Waals surface area (Å²) in [5.41, 5.74) is 2.01. The van der Waals surface area contributed by atoms with Crippen molar-refractivity contribution < 1.29 is 19.1 Å². The Balaban J connectivity index is 1.56. The molecule has 3 aromatic carbocycles. The Labute approximate surface area is 180 Å². The summed E-state index contributed by atoms with van der Waals surface area (Å²) >= 11 is 5.86. The first-order valence-electron chi connectivity index (χ1n) is 9.37. The number of hydrogen-bond acceptors (Lipinski definition) is 4. The van der Waals surface area contributed by atoms with E-state index in [0.29, 0.717) is 28.4 Å². The smallest absolute Gasteiger partial charge is 0.260 e. The molecule has 30 heavy (non-hydrogen) atoms. The number of nitrogens with zero attached hydrogens (tertiary/aromatic N) is 1. The number of carbonyl (C=O) groups excluding carboxylic acids is 2. The molecule has 0 saturated carbocycles. The number of halogens is 1. The maximum atomic E-state index is 12.5. The first-order valence-corrected chi connectivity index (χ1v) is 9.74. The van der Waals surface area contributed by atoms with Gasteiger partial charge in [-0.2, -0.15) is 0 Å². The molecule has 5 nitrogen and oxygen atoms in total.